The summed E-state index contributed by atoms with van der Waals surface area (Å²) in [5.74, 6) is -2.00. The van der Waals surface area contributed by atoms with Crippen LogP contribution in [0.2, 0.25) is 0 Å². The van der Waals surface area contributed by atoms with Crippen molar-refractivity contribution in [3.63, 3.8) is 0 Å². The minimum Gasteiger partial charge on any atom is -0.481 e. The maximum atomic E-state index is 13.8. The Morgan fingerprint density at radius 2 is 2.15 bits per heavy atom. The van der Waals surface area contributed by atoms with Gasteiger partial charge in [-0.25, -0.2) is 8.78 Å². The summed E-state index contributed by atoms with van der Waals surface area (Å²) in [5.41, 5.74) is 0.325. The van der Waals surface area contributed by atoms with Crippen molar-refractivity contribution in [2.75, 3.05) is 6.54 Å². The molecular formula is C15H19F2NO2. The SMILES string of the molecule is CC1CC(C(=O)O)CCN1C(C)c1cc(F)ccc1F. The van der Waals surface area contributed by atoms with Gasteiger partial charge in [-0.1, -0.05) is 0 Å². The molecule has 3 atom stereocenters. The molecule has 20 heavy (non-hydrogen) atoms. The van der Waals surface area contributed by atoms with Gasteiger partial charge in [-0.05, 0) is 51.4 Å². The molecule has 5 heteroatoms. The highest BCUT2D eigenvalue weighted by Gasteiger charge is 2.33. The molecule has 0 radical (unpaired) electrons. The predicted molar refractivity (Wildman–Crippen MR) is 71.3 cm³/mol. The van der Waals surface area contributed by atoms with E-state index in [4.69, 9.17) is 5.11 Å². The van der Waals surface area contributed by atoms with Crippen LogP contribution in [0.3, 0.4) is 0 Å². The van der Waals surface area contributed by atoms with Gasteiger partial charge in [0.15, 0.2) is 0 Å². The van der Waals surface area contributed by atoms with Crippen LogP contribution in [0, 0.1) is 17.6 Å². The third-order valence-corrected chi connectivity index (χ3v) is 4.18. The molecule has 1 aliphatic rings. The van der Waals surface area contributed by atoms with Gasteiger partial charge in [0.25, 0.3) is 0 Å². The van der Waals surface area contributed by atoms with Crippen molar-refractivity contribution in [3.05, 3.63) is 35.4 Å². The quantitative estimate of drug-likeness (QED) is 0.926. The summed E-state index contributed by atoms with van der Waals surface area (Å²) < 4.78 is 27.1. The molecule has 1 N–H and O–H groups in total. The number of aliphatic carboxylic acids is 1. The van der Waals surface area contributed by atoms with Crippen LogP contribution in [0.4, 0.5) is 8.78 Å². The molecule has 0 spiro atoms. The van der Waals surface area contributed by atoms with Crippen molar-refractivity contribution in [1.29, 1.82) is 0 Å². The van der Waals surface area contributed by atoms with Crippen LogP contribution in [0.15, 0.2) is 18.2 Å². The zero-order chi connectivity index (χ0) is 14.9. The lowest BCUT2D eigenvalue weighted by Crippen LogP contribution is -2.44. The first-order valence-electron chi connectivity index (χ1n) is 6.83. The van der Waals surface area contributed by atoms with E-state index in [-0.39, 0.29) is 18.0 Å². The summed E-state index contributed by atoms with van der Waals surface area (Å²) in [6.45, 7) is 4.34. The second kappa shape index (κ2) is 5.87. The Labute approximate surface area is 117 Å². The molecule has 110 valence electrons. The predicted octanol–water partition coefficient (Wildman–Crippen LogP) is 3.21. The Morgan fingerprint density at radius 1 is 1.45 bits per heavy atom. The zero-order valence-electron chi connectivity index (χ0n) is 11.6. The highest BCUT2D eigenvalue weighted by Crippen LogP contribution is 2.32. The highest BCUT2D eigenvalue weighted by atomic mass is 19.1. The normalized spacial score (nSPS) is 25.4. The number of hydrogen-bond acceptors (Lipinski definition) is 2. The van der Waals surface area contributed by atoms with Gasteiger partial charge in [0.1, 0.15) is 11.6 Å². The van der Waals surface area contributed by atoms with Crippen molar-refractivity contribution in [2.45, 2.75) is 38.8 Å². The standard InChI is InChI=1S/C15H19F2NO2/c1-9-7-11(15(19)20)5-6-18(9)10(2)13-8-12(16)3-4-14(13)17/h3-4,8-11H,5-7H2,1-2H3,(H,19,20). The molecule has 1 aromatic carbocycles. The minimum absolute atomic E-state index is 0.0301. The molecule has 0 aliphatic carbocycles. The van der Waals surface area contributed by atoms with E-state index in [9.17, 15) is 13.6 Å². The average molecular weight is 283 g/mol. The van der Waals surface area contributed by atoms with Gasteiger partial charge in [0, 0.05) is 17.6 Å². The fourth-order valence-corrected chi connectivity index (χ4v) is 3.00. The lowest BCUT2D eigenvalue weighted by atomic mass is 9.89. The van der Waals surface area contributed by atoms with Crippen LogP contribution < -0.4 is 0 Å². The number of halogens is 2. The Hall–Kier alpha value is -1.49. The van der Waals surface area contributed by atoms with Crippen LogP contribution in [-0.4, -0.2) is 28.6 Å². The highest BCUT2D eigenvalue weighted by molar-refractivity contribution is 5.70. The fourth-order valence-electron chi connectivity index (χ4n) is 3.00. The number of piperidine rings is 1. The molecule has 1 fully saturated rings. The number of hydrogen-bond donors (Lipinski definition) is 1. The molecule has 1 aromatic rings. The molecule has 3 nitrogen and oxygen atoms in total. The van der Waals surface area contributed by atoms with E-state index in [1.807, 2.05) is 18.7 Å². The third kappa shape index (κ3) is 2.98. The smallest absolute Gasteiger partial charge is 0.306 e. The Kier molecular flexibility index (Phi) is 4.38. The van der Waals surface area contributed by atoms with E-state index in [1.54, 1.807) is 0 Å². The zero-order valence-corrected chi connectivity index (χ0v) is 11.6. The summed E-state index contributed by atoms with van der Waals surface area (Å²) in [6, 6.07) is 3.22. The maximum Gasteiger partial charge on any atom is 0.306 e. The Morgan fingerprint density at radius 3 is 2.75 bits per heavy atom. The number of likely N-dealkylation sites (tertiary alicyclic amines) is 1. The number of carboxylic acid groups (broad SMARTS) is 1. The molecule has 0 saturated carbocycles. The molecule has 1 heterocycles. The largest absolute Gasteiger partial charge is 0.481 e. The van der Waals surface area contributed by atoms with E-state index in [0.29, 0.717) is 24.9 Å². The summed E-state index contributed by atoms with van der Waals surface area (Å²) in [4.78, 5) is 13.1. The Bertz CT molecular complexity index is 507. The minimum atomic E-state index is -0.777. The molecule has 0 aromatic heterocycles. The number of carbonyl (C=O) groups is 1. The van der Waals surface area contributed by atoms with Crippen LogP contribution >= 0.6 is 0 Å². The second-order valence-electron chi connectivity index (χ2n) is 5.49. The first-order valence-corrected chi connectivity index (χ1v) is 6.83. The van der Waals surface area contributed by atoms with Crippen molar-refractivity contribution < 1.29 is 18.7 Å². The topological polar surface area (TPSA) is 40.5 Å². The molecule has 1 aliphatic heterocycles. The van der Waals surface area contributed by atoms with Crippen molar-refractivity contribution >= 4 is 5.97 Å². The summed E-state index contributed by atoms with van der Waals surface area (Å²) in [7, 11) is 0. The number of carboxylic acids is 1. The van der Waals surface area contributed by atoms with Gasteiger partial charge in [-0.15, -0.1) is 0 Å². The lowest BCUT2D eigenvalue weighted by Gasteiger charge is -2.40. The number of nitrogens with zero attached hydrogens (tertiary/aromatic N) is 1. The molecular weight excluding hydrogens is 264 g/mol. The van der Waals surface area contributed by atoms with E-state index in [1.165, 1.54) is 6.07 Å². The van der Waals surface area contributed by atoms with Crippen molar-refractivity contribution in [1.82, 2.24) is 4.90 Å². The first kappa shape index (κ1) is 14.9. The third-order valence-electron chi connectivity index (χ3n) is 4.18. The van der Waals surface area contributed by atoms with Gasteiger partial charge in [0.2, 0.25) is 0 Å². The van der Waals surface area contributed by atoms with Gasteiger partial charge < -0.3 is 5.11 Å². The second-order valence-corrected chi connectivity index (χ2v) is 5.49. The van der Waals surface area contributed by atoms with Gasteiger partial charge in [-0.2, -0.15) is 0 Å². The fraction of sp³-hybridized carbons (Fsp3) is 0.533. The van der Waals surface area contributed by atoms with Crippen molar-refractivity contribution in [3.8, 4) is 0 Å². The van der Waals surface area contributed by atoms with Crippen LogP contribution in [-0.2, 0) is 4.79 Å². The average Bonchev–Trinajstić information content (AvgIpc) is 2.40. The van der Waals surface area contributed by atoms with Crippen LogP contribution in [0.25, 0.3) is 0 Å². The van der Waals surface area contributed by atoms with E-state index in [2.05, 4.69) is 0 Å². The number of rotatable bonds is 3. The van der Waals surface area contributed by atoms with Gasteiger partial charge in [0.05, 0.1) is 5.92 Å². The first-order chi connectivity index (χ1) is 9.40. The van der Waals surface area contributed by atoms with E-state index < -0.39 is 17.6 Å². The summed E-state index contributed by atoms with van der Waals surface area (Å²) in [6.07, 6.45) is 1.08. The lowest BCUT2D eigenvalue weighted by molar-refractivity contribution is -0.144. The van der Waals surface area contributed by atoms with E-state index in [0.717, 1.165) is 12.1 Å². The summed E-state index contributed by atoms with van der Waals surface area (Å²) in [5, 5.41) is 9.05. The maximum absolute atomic E-state index is 13.8. The molecule has 3 unspecified atom stereocenters. The van der Waals surface area contributed by atoms with Crippen LogP contribution in [0.5, 0.6) is 0 Å². The van der Waals surface area contributed by atoms with Crippen LogP contribution in [0.1, 0.15) is 38.3 Å². The van der Waals surface area contributed by atoms with Gasteiger partial charge in [-0.3, -0.25) is 9.69 Å². The van der Waals surface area contributed by atoms with Gasteiger partial charge >= 0.3 is 5.97 Å². The van der Waals surface area contributed by atoms with E-state index >= 15 is 0 Å². The van der Waals surface area contributed by atoms with Crippen molar-refractivity contribution in [2.24, 2.45) is 5.92 Å². The molecule has 0 bridgehead atoms. The molecule has 1 saturated heterocycles. The Balaban J connectivity index is 2.15. The number of benzene rings is 1. The molecule has 2 rings (SSSR count). The molecule has 0 amide bonds. The summed E-state index contributed by atoms with van der Waals surface area (Å²) >= 11 is 0. The monoisotopic (exact) mass is 283 g/mol.